The summed E-state index contributed by atoms with van der Waals surface area (Å²) in [5, 5.41) is 14.9. The van der Waals surface area contributed by atoms with Gasteiger partial charge >= 0.3 is 0 Å². The van der Waals surface area contributed by atoms with Gasteiger partial charge in [-0.2, -0.15) is 5.10 Å². The van der Waals surface area contributed by atoms with Gasteiger partial charge in [0.05, 0.1) is 0 Å². The van der Waals surface area contributed by atoms with Crippen molar-refractivity contribution in [3.8, 4) is 0 Å². The molecule has 0 bridgehead atoms. The number of nitrogens with two attached hydrogens (primary N) is 2. The smallest absolute Gasteiger partial charge is 0.300 e. The zero-order chi connectivity index (χ0) is 14.0. The summed E-state index contributed by atoms with van der Waals surface area (Å²) >= 11 is 0. The quantitative estimate of drug-likeness (QED) is 0.421. The van der Waals surface area contributed by atoms with E-state index in [2.05, 4.69) is 10.2 Å². The maximum absolute atomic E-state index is 9.00. The highest BCUT2D eigenvalue weighted by Gasteiger charge is 1.94. The van der Waals surface area contributed by atoms with E-state index in [-0.39, 0.29) is 5.96 Å². The number of carboxylic acid groups (broad SMARTS) is 1. The Bertz CT molecular complexity index is 419. The van der Waals surface area contributed by atoms with Gasteiger partial charge in [0.15, 0.2) is 0 Å². The molecule has 0 heterocycles. The fourth-order valence-electron chi connectivity index (χ4n) is 1.07. The SMILES string of the molecule is C/C(Cc1ccccc1)=N\N=C(N)N.CC(=O)O. The number of hydrogen-bond donors (Lipinski definition) is 3. The molecule has 0 saturated carbocycles. The van der Waals surface area contributed by atoms with Gasteiger partial charge < -0.3 is 16.6 Å². The number of aliphatic carboxylic acids is 1. The lowest BCUT2D eigenvalue weighted by atomic mass is 10.1. The van der Waals surface area contributed by atoms with E-state index in [0.29, 0.717) is 0 Å². The summed E-state index contributed by atoms with van der Waals surface area (Å²) in [7, 11) is 0. The maximum Gasteiger partial charge on any atom is 0.300 e. The average Bonchev–Trinajstić information content (AvgIpc) is 2.27. The summed E-state index contributed by atoms with van der Waals surface area (Å²) in [6.45, 7) is 2.97. The molecule has 0 aliphatic rings. The number of rotatable bonds is 3. The Hall–Kier alpha value is -2.37. The zero-order valence-electron chi connectivity index (χ0n) is 10.5. The lowest BCUT2D eigenvalue weighted by Gasteiger charge is -1.98. The highest BCUT2D eigenvalue weighted by molar-refractivity contribution is 5.85. The van der Waals surface area contributed by atoms with Gasteiger partial charge in [0, 0.05) is 19.1 Å². The van der Waals surface area contributed by atoms with E-state index >= 15 is 0 Å². The van der Waals surface area contributed by atoms with Crippen molar-refractivity contribution in [3.05, 3.63) is 35.9 Å². The third kappa shape index (κ3) is 10.2. The summed E-state index contributed by atoms with van der Waals surface area (Å²) in [4.78, 5) is 9.00. The number of benzene rings is 1. The molecule has 6 heteroatoms. The lowest BCUT2D eigenvalue weighted by Crippen LogP contribution is -2.22. The second-order valence-electron chi connectivity index (χ2n) is 3.54. The molecule has 0 fully saturated rings. The molecule has 0 aliphatic carbocycles. The van der Waals surface area contributed by atoms with Gasteiger partial charge in [-0.1, -0.05) is 30.3 Å². The Morgan fingerprint density at radius 3 is 2.11 bits per heavy atom. The first kappa shape index (κ1) is 15.6. The van der Waals surface area contributed by atoms with Crippen LogP contribution in [0, 0.1) is 0 Å². The van der Waals surface area contributed by atoms with Crippen LogP contribution in [0.2, 0.25) is 0 Å². The molecule has 0 aliphatic heterocycles. The molecule has 6 nitrogen and oxygen atoms in total. The average molecular weight is 250 g/mol. The minimum absolute atomic E-state index is 0.0163. The molecule has 0 amide bonds. The largest absolute Gasteiger partial charge is 0.481 e. The number of nitrogens with zero attached hydrogens (tertiary/aromatic N) is 2. The molecule has 0 spiro atoms. The second-order valence-corrected chi connectivity index (χ2v) is 3.54. The fraction of sp³-hybridized carbons (Fsp3) is 0.250. The van der Waals surface area contributed by atoms with E-state index in [4.69, 9.17) is 21.4 Å². The number of guanidine groups is 1. The van der Waals surface area contributed by atoms with Gasteiger partial charge in [0.1, 0.15) is 0 Å². The standard InChI is InChI=1S/C10H14N4.C2H4O2/c1-8(13-14-10(11)12)7-9-5-3-2-4-6-9;1-2(3)4/h2-6H,7H2,1H3,(H4,11,12,14);1H3,(H,3,4)/b13-8+;. The summed E-state index contributed by atoms with van der Waals surface area (Å²) in [5.74, 6) is -0.850. The van der Waals surface area contributed by atoms with Crippen molar-refractivity contribution in [2.75, 3.05) is 0 Å². The van der Waals surface area contributed by atoms with Crippen molar-refractivity contribution in [2.24, 2.45) is 21.7 Å². The third-order valence-corrected chi connectivity index (χ3v) is 1.64. The van der Waals surface area contributed by atoms with Crippen molar-refractivity contribution < 1.29 is 9.90 Å². The van der Waals surface area contributed by atoms with E-state index < -0.39 is 5.97 Å². The first-order valence-corrected chi connectivity index (χ1v) is 5.27. The number of carboxylic acids is 1. The van der Waals surface area contributed by atoms with Crippen LogP contribution in [0.4, 0.5) is 0 Å². The Labute approximate surface area is 106 Å². The summed E-state index contributed by atoms with van der Waals surface area (Å²) in [6.07, 6.45) is 0.762. The van der Waals surface area contributed by atoms with Crippen molar-refractivity contribution >= 4 is 17.6 Å². The fourth-order valence-corrected chi connectivity index (χ4v) is 1.07. The molecular weight excluding hydrogens is 232 g/mol. The van der Waals surface area contributed by atoms with Crippen LogP contribution in [0.15, 0.2) is 40.5 Å². The van der Waals surface area contributed by atoms with Crippen molar-refractivity contribution in [3.63, 3.8) is 0 Å². The Kier molecular flexibility index (Phi) is 7.59. The van der Waals surface area contributed by atoms with Crippen LogP contribution in [0.3, 0.4) is 0 Å². The third-order valence-electron chi connectivity index (χ3n) is 1.64. The van der Waals surface area contributed by atoms with Gasteiger partial charge in [-0.3, -0.25) is 4.79 Å². The Morgan fingerprint density at radius 1 is 1.17 bits per heavy atom. The maximum atomic E-state index is 9.00. The molecule has 0 unspecified atom stereocenters. The predicted octanol–water partition coefficient (Wildman–Crippen LogP) is 0.969. The number of carbonyl (C=O) groups is 1. The van der Waals surface area contributed by atoms with E-state index in [1.54, 1.807) is 0 Å². The van der Waals surface area contributed by atoms with E-state index in [1.807, 2.05) is 37.3 Å². The first-order chi connectivity index (χ1) is 8.41. The molecular formula is C12H18N4O2. The molecule has 0 radical (unpaired) electrons. The summed E-state index contributed by atoms with van der Waals surface area (Å²) in [6, 6.07) is 10.0. The van der Waals surface area contributed by atoms with Crippen LogP contribution in [-0.2, 0) is 11.2 Å². The second kappa shape index (κ2) is 8.74. The van der Waals surface area contributed by atoms with Crippen LogP contribution in [-0.4, -0.2) is 22.7 Å². The van der Waals surface area contributed by atoms with Gasteiger partial charge in [-0.15, -0.1) is 5.10 Å². The van der Waals surface area contributed by atoms with E-state index in [1.165, 1.54) is 5.56 Å². The summed E-state index contributed by atoms with van der Waals surface area (Å²) < 4.78 is 0. The van der Waals surface area contributed by atoms with Crippen LogP contribution < -0.4 is 11.5 Å². The van der Waals surface area contributed by atoms with Gasteiger partial charge in [-0.05, 0) is 12.5 Å². The predicted molar refractivity (Wildman–Crippen MR) is 72.4 cm³/mol. The van der Waals surface area contributed by atoms with Crippen LogP contribution in [0.5, 0.6) is 0 Å². The zero-order valence-corrected chi connectivity index (χ0v) is 10.5. The monoisotopic (exact) mass is 250 g/mol. The van der Waals surface area contributed by atoms with Crippen LogP contribution in [0.25, 0.3) is 0 Å². The molecule has 18 heavy (non-hydrogen) atoms. The minimum Gasteiger partial charge on any atom is -0.481 e. The Morgan fingerprint density at radius 2 is 1.67 bits per heavy atom. The molecule has 0 atom stereocenters. The van der Waals surface area contributed by atoms with Crippen molar-refractivity contribution in [1.82, 2.24) is 0 Å². The van der Waals surface area contributed by atoms with Crippen molar-refractivity contribution in [2.45, 2.75) is 20.3 Å². The van der Waals surface area contributed by atoms with Crippen LogP contribution >= 0.6 is 0 Å². The van der Waals surface area contributed by atoms with Crippen LogP contribution in [0.1, 0.15) is 19.4 Å². The van der Waals surface area contributed by atoms with Gasteiger partial charge in [0.25, 0.3) is 5.97 Å². The minimum atomic E-state index is -0.833. The highest BCUT2D eigenvalue weighted by Crippen LogP contribution is 2.00. The molecule has 98 valence electrons. The normalized spacial score (nSPS) is 10.0. The van der Waals surface area contributed by atoms with Gasteiger partial charge in [0.2, 0.25) is 5.96 Å². The Balaban J connectivity index is 0.000000631. The van der Waals surface area contributed by atoms with Gasteiger partial charge in [-0.25, -0.2) is 0 Å². The summed E-state index contributed by atoms with van der Waals surface area (Å²) in [5.41, 5.74) is 12.4. The molecule has 5 N–H and O–H groups in total. The number of hydrogen-bond acceptors (Lipinski definition) is 3. The molecule has 0 aromatic heterocycles. The van der Waals surface area contributed by atoms with Crippen molar-refractivity contribution in [1.29, 1.82) is 0 Å². The molecule has 1 aromatic carbocycles. The molecule has 1 rings (SSSR count). The lowest BCUT2D eigenvalue weighted by molar-refractivity contribution is -0.134. The van der Waals surface area contributed by atoms with E-state index in [0.717, 1.165) is 19.1 Å². The van der Waals surface area contributed by atoms with E-state index in [9.17, 15) is 0 Å². The highest BCUT2D eigenvalue weighted by atomic mass is 16.4. The molecule has 1 aromatic rings. The first-order valence-electron chi connectivity index (χ1n) is 5.27. The topological polar surface area (TPSA) is 114 Å². The molecule has 0 saturated heterocycles.